The minimum atomic E-state index is -0.400. The fraction of sp³-hybridized carbons (Fsp3) is 0.353. The van der Waals surface area contributed by atoms with Gasteiger partial charge in [-0.05, 0) is 35.7 Å². The van der Waals surface area contributed by atoms with Gasteiger partial charge < -0.3 is 14.7 Å². The van der Waals surface area contributed by atoms with E-state index in [-0.39, 0.29) is 12.5 Å². The smallest absolute Gasteiger partial charge is 0.260 e. The van der Waals surface area contributed by atoms with Crippen LogP contribution in [0.3, 0.4) is 0 Å². The molecule has 2 aromatic carbocycles. The number of aliphatic hydroxyl groups is 1. The van der Waals surface area contributed by atoms with E-state index in [9.17, 15) is 9.90 Å². The summed E-state index contributed by atoms with van der Waals surface area (Å²) in [6, 6.07) is 13.8. The van der Waals surface area contributed by atoms with Gasteiger partial charge in [-0.1, -0.05) is 30.3 Å². The van der Waals surface area contributed by atoms with Crippen LogP contribution in [0.4, 0.5) is 0 Å². The SMILES string of the molecule is O=C(COc1ccc2ccccc2c1)N1CCCC(O)C1. The first-order valence-corrected chi connectivity index (χ1v) is 7.30. The Hall–Kier alpha value is -2.07. The van der Waals surface area contributed by atoms with Crippen molar-refractivity contribution in [2.45, 2.75) is 18.9 Å². The maximum absolute atomic E-state index is 12.1. The first-order chi connectivity index (χ1) is 10.2. The lowest BCUT2D eigenvalue weighted by Crippen LogP contribution is -2.44. The van der Waals surface area contributed by atoms with Gasteiger partial charge in [0.1, 0.15) is 5.75 Å². The van der Waals surface area contributed by atoms with Crippen molar-refractivity contribution in [3.63, 3.8) is 0 Å². The molecule has 1 aliphatic heterocycles. The van der Waals surface area contributed by atoms with Gasteiger partial charge in [-0.2, -0.15) is 0 Å². The molecule has 21 heavy (non-hydrogen) atoms. The Morgan fingerprint density at radius 3 is 2.86 bits per heavy atom. The van der Waals surface area contributed by atoms with E-state index in [2.05, 4.69) is 0 Å². The Balaban J connectivity index is 1.61. The van der Waals surface area contributed by atoms with Crippen LogP contribution in [0.15, 0.2) is 42.5 Å². The Morgan fingerprint density at radius 1 is 1.24 bits per heavy atom. The monoisotopic (exact) mass is 285 g/mol. The molecule has 1 N–H and O–H groups in total. The quantitative estimate of drug-likeness (QED) is 0.940. The number of nitrogens with zero attached hydrogens (tertiary/aromatic N) is 1. The van der Waals surface area contributed by atoms with E-state index in [1.807, 2.05) is 42.5 Å². The highest BCUT2D eigenvalue weighted by atomic mass is 16.5. The van der Waals surface area contributed by atoms with Crippen LogP contribution in [0.2, 0.25) is 0 Å². The predicted octanol–water partition coefficient (Wildman–Crippen LogP) is 2.20. The molecule has 4 heteroatoms. The third-order valence-corrected chi connectivity index (χ3v) is 3.83. The molecule has 0 bridgehead atoms. The minimum absolute atomic E-state index is 0.0189. The Morgan fingerprint density at radius 2 is 2.05 bits per heavy atom. The van der Waals surface area contributed by atoms with Crippen molar-refractivity contribution < 1.29 is 14.6 Å². The van der Waals surface area contributed by atoms with E-state index in [1.54, 1.807) is 4.90 Å². The summed E-state index contributed by atoms with van der Waals surface area (Å²) in [4.78, 5) is 13.7. The Labute approximate surface area is 123 Å². The number of β-amino-alcohol motifs (C(OH)–C–C–N with tert-alkyl or cyclic N) is 1. The van der Waals surface area contributed by atoms with Crippen LogP contribution in [-0.4, -0.2) is 41.7 Å². The Kier molecular flexibility index (Phi) is 4.06. The zero-order valence-corrected chi connectivity index (χ0v) is 11.9. The second-order valence-corrected chi connectivity index (χ2v) is 5.43. The van der Waals surface area contributed by atoms with E-state index in [1.165, 1.54) is 0 Å². The molecule has 1 fully saturated rings. The fourth-order valence-corrected chi connectivity index (χ4v) is 2.67. The van der Waals surface area contributed by atoms with Crippen molar-refractivity contribution in [3.05, 3.63) is 42.5 Å². The van der Waals surface area contributed by atoms with Crippen molar-refractivity contribution in [2.24, 2.45) is 0 Å². The Bertz CT molecular complexity index is 641. The van der Waals surface area contributed by atoms with Gasteiger partial charge in [-0.3, -0.25) is 4.79 Å². The van der Waals surface area contributed by atoms with Crippen LogP contribution < -0.4 is 4.74 Å². The summed E-state index contributed by atoms with van der Waals surface area (Å²) in [6.07, 6.45) is 1.22. The molecule has 1 heterocycles. The van der Waals surface area contributed by atoms with Crippen molar-refractivity contribution in [2.75, 3.05) is 19.7 Å². The van der Waals surface area contributed by atoms with Crippen LogP contribution in [-0.2, 0) is 4.79 Å². The highest BCUT2D eigenvalue weighted by Gasteiger charge is 2.22. The van der Waals surface area contributed by atoms with Gasteiger partial charge in [0, 0.05) is 13.1 Å². The summed E-state index contributed by atoms with van der Waals surface area (Å²) >= 11 is 0. The van der Waals surface area contributed by atoms with E-state index >= 15 is 0 Å². The van der Waals surface area contributed by atoms with Crippen LogP contribution in [0, 0.1) is 0 Å². The summed E-state index contributed by atoms with van der Waals surface area (Å²) in [5.74, 6) is 0.626. The van der Waals surface area contributed by atoms with E-state index < -0.39 is 6.10 Å². The van der Waals surface area contributed by atoms with Crippen molar-refractivity contribution in [1.82, 2.24) is 4.90 Å². The van der Waals surface area contributed by atoms with Gasteiger partial charge in [0.2, 0.25) is 0 Å². The lowest BCUT2D eigenvalue weighted by molar-refractivity contribution is -0.136. The second-order valence-electron chi connectivity index (χ2n) is 5.43. The number of ether oxygens (including phenoxy) is 1. The predicted molar refractivity (Wildman–Crippen MR) is 81.3 cm³/mol. The van der Waals surface area contributed by atoms with Crippen molar-refractivity contribution in [1.29, 1.82) is 0 Å². The van der Waals surface area contributed by atoms with Gasteiger partial charge >= 0.3 is 0 Å². The maximum atomic E-state index is 12.1. The van der Waals surface area contributed by atoms with Crippen LogP contribution in [0.25, 0.3) is 10.8 Å². The summed E-state index contributed by atoms with van der Waals surface area (Å²) in [7, 11) is 0. The molecule has 110 valence electrons. The van der Waals surface area contributed by atoms with Gasteiger partial charge in [-0.15, -0.1) is 0 Å². The summed E-state index contributed by atoms with van der Waals surface area (Å²) in [5.41, 5.74) is 0. The number of piperidine rings is 1. The number of hydrogen-bond donors (Lipinski definition) is 1. The number of benzene rings is 2. The zero-order valence-electron chi connectivity index (χ0n) is 11.9. The molecule has 1 atom stereocenters. The minimum Gasteiger partial charge on any atom is -0.484 e. The van der Waals surface area contributed by atoms with E-state index in [0.717, 1.165) is 23.6 Å². The average Bonchev–Trinajstić information content (AvgIpc) is 2.52. The number of aliphatic hydroxyl groups excluding tert-OH is 1. The second kappa shape index (κ2) is 6.14. The zero-order chi connectivity index (χ0) is 14.7. The van der Waals surface area contributed by atoms with E-state index in [0.29, 0.717) is 18.8 Å². The highest BCUT2D eigenvalue weighted by molar-refractivity contribution is 5.84. The van der Waals surface area contributed by atoms with Gasteiger partial charge in [0.15, 0.2) is 6.61 Å². The van der Waals surface area contributed by atoms with Crippen molar-refractivity contribution in [3.8, 4) is 5.75 Å². The highest BCUT2D eigenvalue weighted by Crippen LogP contribution is 2.20. The molecule has 0 saturated carbocycles. The molecule has 0 aromatic heterocycles. The number of amides is 1. The molecule has 1 amide bonds. The number of rotatable bonds is 3. The maximum Gasteiger partial charge on any atom is 0.260 e. The van der Waals surface area contributed by atoms with Crippen LogP contribution in [0.1, 0.15) is 12.8 Å². The lowest BCUT2D eigenvalue weighted by Gasteiger charge is -2.30. The molecule has 3 rings (SSSR count). The normalized spacial score (nSPS) is 18.7. The van der Waals surface area contributed by atoms with E-state index in [4.69, 9.17) is 4.74 Å². The molecule has 0 aliphatic carbocycles. The summed E-state index contributed by atoms with van der Waals surface area (Å²) < 4.78 is 5.59. The number of likely N-dealkylation sites (tertiary alicyclic amines) is 1. The standard InChI is InChI=1S/C17H19NO3/c19-15-6-3-9-18(11-15)17(20)12-21-16-8-7-13-4-1-2-5-14(13)10-16/h1-2,4-5,7-8,10,15,19H,3,6,9,11-12H2. The summed E-state index contributed by atoms with van der Waals surface area (Å²) in [6.45, 7) is 1.14. The van der Waals surface area contributed by atoms with Crippen molar-refractivity contribution >= 4 is 16.7 Å². The number of carbonyl (C=O) groups excluding carboxylic acids is 1. The largest absolute Gasteiger partial charge is 0.484 e. The van der Waals surface area contributed by atoms with Crippen LogP contribution in [0.5, 0.6) is 5.75 Å². The third kappa shape index (κ3) is 3.34. The van der Waals surface area contributed by atoms with Gasteiger partial charge in [0.05, 0.1) is 6.10 Å². The molecule has 0 spiro atoms. The van der Waals surface area contributed by atoms with Crippen LogP contribution >= 0.6 is 0 Å². The first kappa shape index (κ1) is 13.9. The number of fused-ring (bicyclic) bond motifs is 1. The molecule has 1 unspecified atom stereocenters. The topological polar surface area (TPSA) is 49.8 Å². The molecule has 2 aromatic rings. The van der Waals surface area contributed by atoms with Gasteiger partial charge in [0.25, 0.3) is 5.91 Å². The van der Waals surface area contributed by atoms with Gasteiger partial charge in [-0.25, -0.2) is 0 Å². The lowest BCUT2D eigenvalue weighted by atomic mass is 10.1. The third-order valence-electron chi connectivity index (χ3n) is 3.83. The molecule has 0 radical (unpaired) electrons. The fourth-order valence-electron chi connectivity index (χ4n) is 2.67. The number of hydrogen-bond acceptors (Lipinski definition) is 3. The number of carbonyl (C=O) groups is 1. The molecular weight excluding hydrogens is 266 g/mol. The molecule has 4 nitrogen and oxygen atoms in total. The summed E-state index contributed by atoms with van der Waals surface area (Å²) in [5, 5.41) is 11.8. The molecule has 1 aliphatic rings. The molecule has 1 saturated heterocycles. The molecular formula is C17H19NO3. The average molecular weight is 285 g/mol. The first-order valence-electron chi connectivity index (χ1n) is 7.30.